The van der Waals surface area contributed by atoms with Gasteiger partial charge in [-0.1, -0.05) is 0 Å². The standard InChI is InChI=1S/C12H18N2O2S/c1-13(6-10-3-5-17-9-10)12(16)8-14-4-2-11(15)7-14/h3,5,9,11,15H,2,4,6-8H2,1H3/t11-/m1/s1. The number of carbonyl (C=O) groups excluding carboxylic acids is 1. The Bertz CT molecular complexity index is 367. The normalized spacial score (nSPS) is 20.7. The van der Waals surface area contributed by atoms with Crippen LogP contribution >= 0.6 is 11.3 Å². The molecule has 1 fully saturated rings. The Labute approximate surface area is 105 Å². The minimum atomic E-state index is -0.259. The van der Waals surface area contributed by atoms with Crippen molar-refractivity contribution in [3.8, 4) is 0 Å². The van der Waals surface area contributed by atoms with Crippen molar-refractivity contribution in [2.45, 2.75) is 19.1 Å². The molecule has 1 saturated heterocycles. The van der Waals surface area contributed by atoms with E-state index in [0.29, 0.717) is 19.6 Å². The molecule has 1 atom stereocenters. The molecule has 0 spiro atoms. The Morgan fingerprint density at radius 2 is 2.53 bits per heavy atom. The second-order valence-electron chi connectivity index (χ2n) is 4.56. The lowest BCUT2D eigenvalue weighted by Gasteiger charge is -2.20. The molecule has 0 aromatic carbocycles. The second kappa shape index (κ2) is 5.62. The van der Waals surface area contributed by atoms with E-state index in [9.17, 15) is 9.90 Å². The van der Waals surface area contributed by atoms with Crippen molar-refractivity contribution >= 4 is 17.2 Å². The van der Waals surface area contributed by atoms with Crippen molar-refractivity contribution < 1.29 is 9.90 Å². The smallest absolute Gasteiger partial charge is 0.236 e. The van der Waals surface area contributed by atoms with Crippen molar-refractivity contribution in [1.29, 1.82) is 0 Å². The fourth-order valence-electron chi connectivity index (χ4n) is 2.01. The number of aliphatic hydroxyl groups excluding tert-OH is 1. The predicted octanol–water partition coefficient (Wildman–Crippen LogP) is 0.773. The van der Waals surface area contributed by atoms with E-state index in [-0.39, 0.29) is 12.0 Å². The molecule has 1 aromatic heterocycles. The maximum atomic E-state index is 11.9. The molecule has 2 heterocycles. The zero-order valence-electron chi connectivity index (χ0n) is 10.0. The zero-order valence-corrected chi connectivity index (χ0v) is 10.8. The number of hydrogen-bond donors (Lipinski definition) is 1. The molecule has 0 aliphatic carbocycles. The van der Waals surface area contributed by atoms with Crippen LogP contribution in [0.4, 0.5) is 0 Å². The third-order valence-corrected chi connectivity index (χ3v) is 3.76. The first-order valence-corrected chi connectivity index (χ1v) is 6.75. The van der Waals surface area contributed by atoms with E-state index >= 15 is 0 Å². The third-order valence-electron chi connectivity index (χ3n) is 3.03. The molecule has 0 radical (unpaired) electrons. The summed E-state index contributed by atoms with van der Waals surface area (Å²) in [5.74, 6) is 0.116. The van der Waals surface area contributed by atoms with Gasteiger partial charge in [-0.2, -0.15) is 11.3 Å². The number of thiophene rings is 1. The molecule has 1 aliphatic rings. The first-order valence-electron chi connectivity index (χ1n) is 5.80. The first kappa shape index (κ1) is 12.5. The molecule has 0 bridgehead atoms. The third kappa shape index (κ3) is 3.52. The van der Waals surface area contributed by atoms with Gasteiger partial charge >= 0.3 is 0 Å². The molecule has 2 rings (SSSR count). The van der Waals surface area contributed by atoms with E-state index in [1.165, 1.54) is 5.56 Å². The largest absolute Gasteiger partial charge is 0.392 e. The molecule has 1 amide bonds. The van der Waals surface area contributed by atoms with Gasteiger partial charge in [-0.25, -0.2) is 0 Å². The van der Waals surface area contributed by atoms with E-state index in [0.717, 1.165) is 13.0 Å². The molecule has 17 heavy (non-hydrogen) atoms. The number of hydrogen-bond acceptors (Lipinski definition) is 4. The van der Waals surface area contributed by atoms with Crippen LogP contribution in [0, 0.1) is 0 Å². The molecule has 4 nitrogen and oxygen atoms in total. The number of β-amino-alcohol motifs (C(OH)–C–C–N with tert-alkyl or cyclic N) is 1. The summed E-state index contributed by atoms with van der Waals surface area (Å²) in [7, 11) is 1.83. The number of likely N-dealkylation sites (tertiary alicyclic amines) is 1. The van der Waals surface area contributed by atoms with Gasteiger partial charge in [0.2, 0.25) is 5.91 Å². The summed E-state index contributed by atoms with van der Waals surface area (Å²) in [4.78, 5) is 15.7. The molecule has 1 aromatic rings. The second-order valence-corrected chi connectivity index (χ2v) is 5.34. The van der Waals surface area contributed by atoms with E-state index in [2.05, 4.69) is 5.38 Å². The van der Waals surface area contributed by atoms with Crippen LogP contribution in [0.1, 0.15) is 12.0 Å². The Morgan fingerprint density at radius 3 is 3.12 bits per heavy atom. The first-order chi connectivity index (χ1) is 8.15. The van der Waals surface area contributed by atoms with Gasteiger partial charge in [-0.15, -0.1) is 0 Å². The number of likely N-dealkylation sites (N-methyl/N-ethyl adjacent to an activating group) is 1. The summed E-state index contributed by atoms with van der Waals surface area (Å²) in [5, 5.41) is 13.5. The number of rotatable bonds is 4. The molecular weight excluding hydrogens is 236 g/mol. The van der Waals surface area contributed by atoms with Gasteiger partial charge in [0.25, 0.3) is 0 Å². The topological polar surface area (TPSA) is 43.8 Å². The average molecular weight is 254 g/mol. The van der Waals surface area contributed by atoms with Crippen LogP contribution < -0.4 is 0 Å². The van der Waals surface area contributed by atoms with Gasteiger partial charge in [0.05, 0.1) is 12.6 Å². The van der Waals surface area contributed by atoms with Crippen LogP contribution in [0.3, 0.4) is 0 Å². The summed E-state index contributed by atoms with van der Waals surface area (Å²) in [6, 6.07) is 2.04. The number of nitrogens with zero attached hydrogens (tertiary/aromatic N) is 2. The van der Waals surface area contributed by atoms with Crippen molar-refractivity contribution in [3.05, 3.63) is 22.4 Å². The molecule has 5 heteroatoms. The molecule has 0 unspecified atom stereocenters. The van der Waals surface area contributed by atoms with Crippen LogP contribution in [0.2, 0.25) is 0 Å². The van der Waals surface area contributed by atoms with Gasteiger partial charge in [-0.3, -0.25) is 9.69 Å². The Hall–Kier alpha value is -0.910. The van der Waals surface area contributed by atoms with E-state index in [1.54, 1.807) is 16.2 Å². The molecule has 1 N–H and O–H groups in total. The molecule has 0 saturated carbocycles. The van der Waals surface area contributed by atoms with Crippen molar-refractivity contribution in [3.63, 3.8) is 0 Å². The maximum Gasteiger partial charge on any atom is 0.236 e. The minimum absolute atomic E-state index is 0.116. The molecule has 1 aliphatic heterocycles. The zero-order chi connectivity index (χ0) is 12.3. The average Bonchev–Trinajstić information content (AvgIpc) is 2.90. The number of carbonyl (C=O) groups is 1. The summed E-state index contributed by atoms with van der Waals surface area (Å²) in [5.41, 5.74) is 1.17. The van der Waals surface area contributed by atoms with Gasteiger partial charge in [0.1, 0.15) is 0 Å². The Balaban J connectivity index is 1.79. The van der Waals surface area contributed by atoms with Gasteiger partial charge in [0, 0.05) is 26.7 Å². The number of amides is 1. The van der Waals surface area contributed by atoms with Crippen molar-refractivity contribution in [2.75, 3.05) is 26.7 Å². The van der Waals surface area contributed by atoms with E-state index in [4.69, 9.17) is 0 Å². The quantitative estimate of drug-likeness (QED) is 0.863. The molecular formula is C12H18N2O2S. The number of aliphatic hydroxyl groups is 1. The maximum absolute atomic E-state index is 11.9. The van der Waals surface area contributed by atoms with E-state index < -0.39 is 0 Å². The highest BCUT2D eigenvalue weighted by Crippen LogP contribution is 2.11. The van der Waals surface area contributed by atoms with E-state index in [1.807, 2.05) is 23.4 Å². The van der Waals surface area contributed by atoms with Crippen LogP contribution in [0.5, 0.6) is 0 Å². The Morgan fingerprint density at radius 1 is 1.71 bits per heavy atom. The van der Waals surface area contributed by atoms with Crippen LogP contribution in [-0.4, -0.2) is 53.6 Å². The van der Waals surface area contributed by atoms with Gasteiger partial charge in [0.15, 0.2) is 0 Å². The molecule has 94 valence electrons. The van der Waals surface area contributed by atoms with Crippen LogP contribution in [0.25, 0.3) is 0 Å². The summed E-state index contributed by atoms with van der Waals surface area (Å²) in [6.45, 7) is 2.52. The van der Waals surface area contributed by atoms with Gasteiger partial charge < -0.3 is 10.0 Å². The SMILES string of the molecule is CN(Cc1ccsc1)C(=O)CN1CC[C@@H](O)C1. The monoisotopic (exact) mass is 254 g/mol. The predicted molar refractivity (Wildman–Crippen MR) is 67.9 cm³/mol. The lowest BCUT2D eigenvalue weighted by atomic mass is 10.3. The summed E-state index contributed by atoms with van der Waals surface area (Å²) < 4.78 is 0. The van der Waals surface area contributed by atoms with Crippen LogP contribution in [-0.2, 0) is 11.3 Å². The Kier molecular flexibility index (Phi) is 4.15. The fourth-order valence-corrected chi connectivity index (χ4v) is 2.67. The van der Waals surface area contributed by atoms with Crippen molar-refractivity contribution in [1.82, 2.24) is 9.80 Å². The van der Waals surface area contributed by atoms with Crippen LogP contribution in [0.15, 0.2) is 16.8 Å². The van der Waals surface area contributed by atoms with Crippen molar-refractivity contribution in [2.24, 2.45) is 0 Å². The lowest BCUT2D eigenvalue weighted by Crippen LogP contribution is -2.37. The minimum Gasteiger partial charge on any atom is -0.392 e. The highest BCUT2D eigenvalue weighted by molar-refractivity contribution is 7.07. The lowest BCUT2D eigenvalue weighted by molar-refractivity contribution is -0.131. The summed E-state index contributed by atoms with van der Waals surface area (Å²) in [6.07, 6.45) is 0.520. The highest BCUT2D eigenvalue weighted by Gasteiger charge is 2.23. The van der Waals surface area contributed by atoms with Gasteiger partial charge in [-0.05, 0) is 28.8 Å². The highest BCUT2D eigenvalue weighted by atomic mass is 32.1. The fraction of sp³-hybridized carbons (Fsp3) is 0.583. The summed E-state index contributed by atoms with van der Waals surface area (Å²) >= 11 is 1.65.